The number of hydrogen-bond donors (Lipinski definition) is 0. The predicted molar refractivity (Wildman–Crippen MR) is 30.4 cm³/mol. The molecule has 1 atom stereocenters. The molecular weight excluding hydrogens is 215 g/mol. The summed E-state index contributed by atoms with van der Waals surface area (Å²) in [6, 6.07) is 0. The quantitative estimate of drug-likeness (QED) is 0.322. The van der Waals surface area contributed by atoms with E-state index in [4.69, 9.17) is 0 Å². The van der Waals surface area contributed by atoms with Crippen LogP contribution in [0.25, 0.3) is 0 Å². The van der Waals surface area contributed by atoms with E-state index >= 15 is 0 Å². The summed E-state index contributed by atoms with van der Waals surface area (Å²) in [6.07, 6.45) is 0. The van der Waals surface area contributed by atoms with Crippen LogP contribution < -0.4 is 18.9 Å². The van der Waals surface area contributed by atoms with Crippen molar-refractivity contribution in [2.24, 2.45) is 0 Å². The average molecular weight is 216 g/mol. The average Bonchev–Trinajstić information content (AvgIpc) is 1.37. The standard InChI is InChI=1S/FHIP2.Li/c1-3-4-2;/h4H;/q-1;+1. The fraction of sp³-hybridized carbons (Fsp3) is 0. The van der Waals surface area contributed by atoms with E-state index in [9.17, 15) is 4.20 Å². The van der Waals surface area contributed by atoms with Crippen LogP contribution in [0.2, 0.25) is 0 Å². The molecule has 0 aliphatic rings. The summed E-state index contributed by atoms with van der Waals surface area (Å²) in [7, 11) is 0.0129. The molecule has 0 saturated heterocycles. The molecule has 1 unspecified atom stereocenters. The molecule has 26 valence electrons. The van der Waals surface area contributed by atoms with Crippen molar-refractivity contribution in [2.45, 2.75) is 0 Å². The molecule has 0 aromatic rings. The molecule has 0 amide bonds. The van der Waals surface area contributed by atoms with E-state index in [1.807, 2.05) is 22.0 Å². The van der Waals surface area contributed by atoms with Gasteiger partial charge in [-0.05, 0) is 0 Å². The van der Waals surface area contributed by atoms with Gasteiger partial charge in [-0.1, -0.05) is 22.0 Å². The van der Waals surface area contributed by atoms with Crippen LogP contribution in [0.4, 0.5) is 4.20 Å². The second kappa shape index (κ2) is 9.45. The van der Waals surface area contributed by atoms with Gasteiger partial charge in [-0.15, -0.1) is 0 Å². The minimum atomic E-state index is 0. The van der Waals surface area contributed by atoms with Crippen LogP contribution in [-0.4, -0.2) is 0 Å². The topological polar surface area (TPSA) is 0 Å². The Balaban J connectivity index is 0. The van der Waals surface area contributed by atoms with Gasteiger partial charge in [-0.3, -0.25) is 8.58 Å². The molecule has 0 aliphatic carbocycles. The van der Waals surface area contributed by atoms with Crippen molar-refractivity contribution < 1.29 is 23.1 Å². The van der Waals surface area contributed by atoms with Gasteiger partial charge < -0.3 is 4.20 Å². The maximum Gasteiger partial charge on any atom is 1.00 e. The van der Waals surface area contributed by atoms with Crippen molar-refractivity contribution in [2.75, 3.05) is 0 Å². The third-order valence-electron chi connectivity index (χ3n) is 0.0319. The Morgan fingerprint density at radius 2 is 2.00 bits per heavy atom. The zero-order valence-electron chi connectivity index (χ0n) is 2.70. The Kier molecular flexibility index (Phi) is 19.2. The molecule has 0 N–H and O–H groups in total. The van der Waals surface area contributed by atoms with Gasteiger partial charge in [0.1, 0.15) is 0 Å². The second-order valence-corrected chi connectivity index (χ2v) is 5.86. The van der Waals surface area contributed by atoms with Gasteiger partial charge in [0.15, 0.2) is 0 Å². The first-order chi connectivity index (χ1) is 1.91. The van der Waals surface area contributed by atoms with E-state index in [2.05, 4.69) is 0 Å². The summed E-state index contributed by atoms with van der Waals surface area (Å²) in [6.45, 7) is 0. The van der Waals surface area contributed by atoms with Gasteiger partial charge in [0.05, 0.1) is 0 Å². The number of hydrogen-bond acceptors (Lipinski definition) is 0. The Bertz CT molecular complexity index is 11.6. The first kappa shape index (κ1) is 10.2. The van der Waals surface area contributed by atoms with Crippen molar-refractivity contribution >= 4 is 36.5 Å². The van der Waals surface area contributed by atoms with Crippen LogP contribution in [0.15, 0.2) is 0 Å². The Labute approximate surface area is 59.3 Å². The summed E-state index contributed by atoms with van der Waals surface area (Å²) in [5.74, 6) is 0.416. The Hall–Kier alpha value is 2.12. The van der Waals surface area contributed by atoms with Crippen molar-refractivity contribution in [3.8, 4) is 0 Å². The van der Waals surface area contributed by atoms with E-state index in [-0.39, 0.29) is 27.4 Å². The summed E-state index contributed by atoms with van der Waals surface area (Å²) >= 11 is 1.99. The van der Waals surface area contributed by atoms with Crippen LogP contribution in [0, 0.1) is 0 Å². The first-order valence-electron chi connectivity index (χ1n) is 0.582. The maximum atomic E-state index is 10.7. The van der Waals surface area contributed by atoms with Crippen molar-refractivity contribution in [1.29, 1.82) is 0 Å². The molecule has 0 bridgehead atoms. The molecule has 0 radical (unpaired) electrons. The molecule has 0 aliphatic heterocycles. The van der Waals surface area contributed by atoms with E-state index in [1.54, 1.807) is 0 Å². The second-order valence-electron chi connectivity index (χ2n) is 0.169. The van der Waals surface area contributed by atoms with Crippen LogP contribution in [0.1, 0.15) is 0 Å². The maximum absolute atomic E-state index is 10.7. The molecular formula is HFILiP2. The third kappa shape index (κ3) is 10.7. The summed E-state index contributed by atoms with van der Waals surface area (Å²) in [5, 5.41) is 0. The Morgan fingerprint density at radius 3 is 2.00 bits per heavy atom. The smallest absolute Gasteiger partial charge is 0.461 e. The van der Waals surface area contributed by atoms with Crippen LogP contribution >= 0.6 is 36.5 Å². The summed E-state index contributed by atoms with van der Waals surface area (Å²) in [4.78, 5) is 0. The van der Waals surface area contributed by atoms with Crippen LogP contribution in [-0.2, 0) is 0 Å². The van der Waals surface area contributed by atoms with E-state index in [0.717, 1.165) is 0 Å². The van der Waals surface area contributed by atoms with Gasteiger partial charge in [-0.25, -0.2) is 0 Å². The van der Waals surface area contributed by atoms with Crippen molar-refractivity contribution in [3.05, 3.63) is 0 Å². The number of halogens is 2. The van der Waals surface area contributed by atoms with Crippen LogP contribution in [0.3, 0.4) is 0 Å². The molecule has 5 heteroatoms. The third-order valence-corrected chi connectivity index (χ3v) is 1.93. The van der Waals surface area contributed by atoms with E-state index in [0.29, 0.717) is 5.91 Å². The van der Waals surface area contributed by atoms with Gasteiger partial charge in [0.2, 0.25) is 0 Å². The van der Waals surface area contributed by atoms with Gasteiger partial charge >= 0.3 is 18.9 Å². The molecule has 0 heterocycles. The van der Waals surface area contributed by atoms with Crippen molar-refractivity contribution in [3.63, 3.8) is 0 Å². The first-order valence-corrected chi connectivity index (χ1v) is 6.32. The monoisotopic (exact) mass is 216 g/mol. The largest absolute Gasteiger partial charge is 1.00 e. The normalized spacial score (nSPS) is 10.8. The minimum Gasteiger partial charge on any atom is -0.461 e. The van der Waals surface area contributed by atoms with E-state index in [1.165, 1.54) is 0 Å². The molecule has 0 nitrogen and oxygen atoms in total. The molecule has 0 saturated carbocycles. The van der Waals surface area contributed by atoms with E-state index < -0.39 is 0 Å². The van der Waals surface area contributed by atoms with Gasteiger partial charge in [0.25, 0.3) is 0 Å². The molecule has 0 aromatic heterocycles. The molecule has 0 rings (SSSR count). The number of rotatable bonds is 1. The van der Waals surface area contributed by atoms with Crippen molar-refractivity contribution in [1.82, 2.24) is 0 Å². The predicted octanol–water partition coefficient (Wildman–Crippen LogP) is -0.235. The summed E-state index contributed by atoms with van der Waals surface area (Å²) in [5.41, 5.74) is 0. The SMILES string of the molecule is F[P-]PI.[Li+]. The minimum absolute atomic E-state index is 0. The summed E-state index contributed by atoms with van der Waals surface area (Å²) < 4.78 is 10.7. The molecule has 0 aromatic carbocycles. The molecule has 5 heavy (non-hydrogen) atoms. The van der Waals surface area contributed by atoms with Crippen LogP contribution in [0.5, 0.6) is 0 Å². The zero-order chi connectivity index (χ0) is 3.41. The zero-order valence-corrected chi connectivity index (χ0v) is 6.76. The fourth-order valence-corrected chi connectivity index (χ4v) is 0. The molecule has 0 fully saturated rings. The fourth-order valence-electron chi connectivity index (χ4n) is 0. The Morgan fingerprint density at radius 1 is 1.80 bits per heavy atom. The van der Waals surface area contributed by atoms with Gasteiger partial charge in [-0.2, -0.15) is 5.91 Å². The van der Waals surface area contributed by atoms with Gasteiger partial charge in [0, 0.05) is 0 Å². The molecule has 0 spiro atoms.